The highest BCUT2D eigenvalue weighted by atomic mass is 16.5. The van der Waals surface area contributed by atoms with Crippen LogP contribution < -0.4 is 4.74 Å². The minimum absolute atomic E-state index is 0.000882. The zero-order valence-electron chi connectivity index (χ0n) is 13.6. The average molecular weight is 315 g/mol. The fourth-order valence-electron chi connectivity index (χ4n) is 3.04. The van der Waals surface area contributed by atoms with E-state index in [9.17, 15) is 4.79 Å². The molecule has 23 heavy (non-hydrogen) atoms. The lowest BCUT2D eigenvalue weighted by molar-refractivity contribution is -0.00301. The summed E-state index contributed by atoms with van der Waals surface area (Å²) in [5.41, 5.74) is 3.58. The summed E-state index contributed by atoms with van der Waals surface area (Å²) in [6.45, 7) is 5.53. The van der Waals surface area contributed by atoms with E-state index in [-0.39, 0.29) is 11.9 Å². The van der Waals surface area contributed by atoms with Gasteiger partial charge in [0.05, 0.1) is 32.1 Å². The first-order chi connectivity index (χ1) is 11.1. The van der Waals surface area contributed by atoms with Crippen LogP contribution in [0.15, 0.2) is 24.3 Å². The quantitative estimate of drug-likeness (QED) is 0.943. The highest BCUT2D eigenvalue weighted by molar-refractivity contribution is 5.94. The van der Waals surface area contributed by atoms with Crippen LogP contribution in [0, 0.1) is 13.8 Å². The van der Waals surface area contributed by atoms with Gasteiger partial charge in [0, 0.05) is 23.4 Å². The topological polar surface area (TPSA) is 67.4 Å². The van der Waals surface area contributed by atoms with Crippen molar-refractivity contribution in [2.45, 2.75) is 19.9 Å². The molecule has 122 valence electrons. The number of aromatic amines is 1. The number of aryl methyl sites for hydroxylation is 2. The fraction of sp³-hybridized carbons (Fsp3) is 0.412. The lowest BCUT2D eigenvalue weighted by Gasteiger charge is -2.36. The Bertz CT molecular complexity index is 674. The minimum atomic E-state index is -0.114. The molecule has 1 unspecified atom stereocenters. The van der Waals surface area contributed by atoms with Crippen molar-refractivity contribution in [3.8, 4) is 5.75 Å². The van der Waals surface area contributed by atoms with E-state index < -0.39 is 0 Å². The van der Waals surface area contributed by atoms with E-state index in [0.29, 0.717) is 25.3 Å². The number of benzene rings is 1. The maximum Gasteiger partial charge on any atom is 0.254 e. The Kier molecular flexibility index (Phi) is 4.34. The van der Waals surface area contributed by atoms with E-state index in [1.165, 1.54) is 0 Å². The number of carbonyl (C=O) groups is 1. The van der Waals surface area contributed by atoms with Gasteiger partial charge < -0.3 is 14.4 Å². The standard InChI is InChI=1S/C17H21N3O3/c1-11-16(12(2)19-18-11)15-10-23-9-8-20(15)17(21)13-4-6-14(22-3)7-5-13/h4-7,15H,8-10H2,1-3H3,(H,18,19). The van der Waals surface area contributed by atoms with Gasteiger partial charge in [0.2, 0.25) is 0 Å². The molecular weight excluding hydrogens is 294 g/mol. The molecule has 1 fully saturated rings. The van der Waals surface area contributed by atoms with E-state index in [1.807, 2.05) is 18.7 Å². The van der Waals surface area contributed by atoms with Crippen molar-refractivity contribution in [3.05, 3.63) is 46.8 Å². The summed E-state index contributed by atoms with van der Waals surface area (Å²) >= 11 is 0. The van der Waals surface area contributed by atoms with Crippen LogP contribution in [-0.4, -0.2) is 47.9 Å². The number of rotatable bonds is 3. The summed E-state index contributed by atoms with van der Waals surface area (Å²) in [5, 5.41) is 7.23. The monoisotopic (exact) mass is 315 g/mol. The summed E-state index contributed by atoms with van der Waals surface area (Å²) in [7, 11) is 1.61. The van der Waals surface area contributed by atoms with Crippen molar-refractivity contribution in [3.63, 3.8) is 0 Å². The Morgan fingerprint density at radius 2 is 2.09 bits per heavy atom. The molecule has 3 rings (SSSR count). The van der Waals surface area contributed by atoms with Crippen LogP contribution >= 0.6 is 0 Å². The molecule has 0 spiro atoms. The number of nitrogens with zero attached hydrogens (tertiary/aromatic N) is 2. The van der Waals surface area contributed by atoms with Crippen molar-refractivity contribution in [2.24, 2.45) is 0 Å². The third-order valence-electron chi connectivity index (χ3n) is 4.24. The van der Waals surface area contributed by atoms with Crippen LogP contribution in [0.25, 0.3) is 0 Å². The van der Waals surface area contributed by atoms with Gasteiger partial charge in [-0.2, -0.15) is 5.10 Å². The molecule has 6 heteroatoms. The number of hydrogen-bond donors (Lipinski definition) is 1. The van der Waals surface area contributed by atoms with Crippen LogP contribution in [0.2, 0.25) is 0 Å². The number of hydrogen-bond acceptors (Lipinski definition) is 4. The van der Waals surface area contributed by atoms with Crippen LogP contribution in [-0.2, 0) is 4.74 Å². The first kappa shape index (κ1) is 15.6. The fourth-order valence-corrected chi connectivity index (χ4v) is 3.04. The van der Waals surface area contributed by atoms with E-state index >= 15 is 0 Å². The summed E-state index contributed by atoms with van der Waals surface area (Å²) in [4.78, 5) is 14.8. The average Bonchev–Trinajstić information content (AvgIpc) is 2.93. The number of nitrogens with one attached hydrogen (secondary N) is 1. The summed E-state index contributed by atoms with van der Waals surface area (Å²) < 4.78 is 10.8. The second-order valence-corrected chi connectivity index (χ2v) is 5.67. The lowest BCUT2D eigenvalue weighted by atomic mass is 10.0. The smallest absolute Gasteiger partial charge is 0.254 e. The van der Waals surface area contributed by atoms with E-state index in [2.05, 4.69) is 10.2 Å². The van der Waals surface area contributed by atoms with Gasteiger partial charge in [-0.3, -0.25) is 9.89 Å². The van der Waals surface area contributed by atoms with Crippen LogP contribution in [0.4, 0.5) is 0 Å². The van der Waals surface area contributed by atoms with E-state index in [0.717, 1.165) is 22.7 Å². The van der Waals surface area contributed by atoms with Crippen molar-refractivity contribution in [1.82, 2.24) is 15.1 Å². The van der Waals surface area contributed by atoms with Crippen LogP contribution in [0.5, 0.6) is 5.75 Å². The number of H-pyrrole nitrogens is 1. The Balaban J connectivity index is 1.90. The number of carbonyl (C=O) groups excluding carboxylic acids is 1. The molecule has 0 bridgehead atoms. The maximum atomic E-state index is 12.9. The zero-order valence-corrected chi connectivity index (χ0v) is 13.6. The molecule has 0 radical (unpaired) electrons. The highest BCUT2D eigenvalue weighted by Gasteiger charge is 2.32. The lowest BCUT2D eigenvalue weighted by Crippen LogP contribution is -2.43. The third-order valence-corrected chi connectivity index (χ3v) is 4.24. The van der Waals surface area contributed by atoms with Gasteiger partial charge in [0.25, 0.3) is 5.91 Å². The molecule has 1 aromatic heterocycles. The van der Waals surface area contributed by atoms with Gasteiger partial charge in [-0.1, -0.05) is 0 Å². The first-order valence-electron chi connectivity index (χ1n) is 7.66. The van der Waals surface area contributed by atoms with Gasteiger partial charge in [-0.15, -0.1) is 0 Å². The second-order valence-electron chi connectivity index (χ2n) is 5.67. The maximum absolute atomic E-state index is 12.9. The van der Waals surface area contributed by atoms with Crippen molar-refractivity contribution >= 4 is 5.91 Å². The molecule has 1 aliphatic rings. The molecule has 0 aliphatic carbocycles. The molecule has 1 aromatic carbocycles. The van der Waals surface area contributed by atoms with Crippen molar-refractivity contribution < 1.29 is 14.3 Å². The molecule has 2 heterocycles. The zero-order chi connectivity index (χ0) is 16.4. The molecule has 1 aliphatic heterocycles. The van der Waals surface area contributed by atoms with Crippen LogP contribution in [0.1, 0.15) is 33.4 Å². The molecule has 1 amide bonds. The van der Waals surface area contributed by atoms with Crippen molar-refractivity contribution in [1.29, 1.82) is 0 Å². The largest absolute Gasteiger partial charge is 0.497 e. The van der Waals surface area contributed by atoms with E-state index in [4.69, 9.17) is 9.47 Å². The molecule has 0 saturated carbocycles. The summed E-state index contributed by atoms with van der Waals surface area (Å²) in [5.74, 6) is 0.738. The number of aromatic nitrogens is 2. The Morgan fingerprint density at radius 1 is 1.35 bits per heavy atom. The molecule has 1 saturated heterocycles. The van der Waals surface area contributed by atoms with Crippen molar-refractivity contribution in [2.75, 3.05) is 26.9 Å². The van der Waals surface area contributed by atoms with Gasteiger partial charge in [-0.25, -0.2) is 0 Å². The highest BCUT2D eigenvalue weighted by Crippen LogP contribution is 2.29. The molecule has 2 aromatic rings. The Morgan fingerprint density at radius 3 is 2.70 bits per heavy atom. The molecule has 1 N–H and O–H groups in total. The van der Waals surface area contributed by atoms with E-state index in [1.54, 1.807) is 31.4 Å². The number of amides is 1. The summed E-state index contributed by atoms with van der Waals surface area (Å²) in [6.07, 6.45) is 0. The minimum Gasteiger partial charge on any atom is -0.497 e. The molecule has 6 nitrogen and oxygen atoms in total. The number of ether oxygens (including phenoxy) is 2. The molecular formula is C17H21N3O3. The van der Waals surface area contributed by atoms with Crippen LogP contribution in [0.3, 0.4) is 0 Å². The second kappa shape index (κ2) is 6.42. The number of morpholine rings is 1. The SMILES string of the molecule is COc1ccc(C(=O)N2CCOCC2c2c(C)n[nH]c2C)cc1. The number of methoxy groups -OCH3 is 1. The van der Waals surface area contributed by atoms with Gasteiger partial charge in [0.15, 0.2) is 0 Å². The summed E-state index contributed by atoms with van der Waals surface area (Å²) in [6, 6.07) is 7.08. The van der Waals surface area contributed by atoms with Gasteiger partial charge in [-0.05, 0) is 38.1 Å². The van der Waals surface area contributed by atoms with Gasteiger partial charge >= 0.3 is 0 Å². The predicted octanol–water partition coefficient (Wildman–Crippen LogP) is 2.25. The normalized spacial score (nSPS) is 18.0. The Labute approximate surface area is 135 Å². The first-order valence-corrected chi connectivity index (χ1v) is 7.66. The molecule has 1 atom stereocenters. The predicted molar refractivity (Wildman–Crippen MR) is 85.7 cm³/mol. The van der Waals surface area contributed by atoms with Gasteiger partial charge in [0.1, 0.15) is 5.75 Å². The Hall–Kier alpha value is -2.34. The third kappa shape index (κ3) is 2.94.